The lowest BCUT2D eigenvalue weighted by Crippen LogP contribution is -2.18. The van der Waals surface area contributed by atoms with Gasteiger partial charge in [-0.15, -0.1) is 0 Å². The summed E-state index contributed by atoms with van der Waals surface area (Å²) in [4.78, 5) is 14.9. The van der Waals surface area contributed by atoms with Gasteiger partial charge in [0.15, 0.2) is 5.65 Å². The number of rotatable bonds is 4. The van der Waals surface area contributed by atoms with E-state index in [1.54, 1.807) is 25.6 Å². The first-order chi connectivity index (χ1) is 9.78. The number of hydrogen-bond donors (Lipinski definition) is 2. The van der Waals surface area contributed by atoms with Crippen LogP contribution in [0.2, 0.25) is 0 Å². The minimum atomic E-state index is 0.568. The quantitative estimate of drug-likeness (QED) is 0.745. The van der Waals surface area contributed by atoms with Gasteiger partial charge in [-0.3, -0.25) is 10.1 Å². The minimum absolute atomic E-state index is 0.568. The average molecular weight is 269 g/mol. The monoisotopic (exact) mass is 269 g/mol. The molecule has 7 nitrogen and oxygen atoms in total. The Hall–Kier alpha value is -2.70. The van der Waals surface area contributed by atoms with Crippen LogP contribution in [0.15, 0.2) is 30.7 Å². The molecule has 20 heavy (non-hydrogen) atoms. The van der Waals surface area contributed by atoms with E-state index in [9.17, 15) is 0 Å². The van der Waals surface area contributed by atoms with Crippen LogP contribution in [-0.2, 0) is 6.54 Å². The van der Waals surface area contributed by atoms with Crippen LogP contribution in [0.4, 0.5) is 11.8 Å². The first kappa shape index (κ1) is 12.3. The van der Waals surface area contributed by atoms with Gasteiger partial charge >= 0.3 is 0 Å². The second-order valence-corrected chi connectivity index (χ2v) is 4.46. The van der Waals surface area contributed by atoms with Crippen LogP contribution >= 0.6 is 0 Å². The number of H-pyrrole nitrogens is 1. The van der Waals surface area contributed by atoms with Crippen molar-refractivity contribution in [3.8, 4) is 0 Å². The zero-order valence-electron chi connectivity index (χ0n) is 11.3. The van der Waals surface area contributed by atoms with Crippen molar-refractivity contribution in [2.24, 2.45) is 0 Å². The molecule has 0 radical (unpaired) electrons. The molecule has 0 atom stereocenters. The molecule has 0 unspecified atom stereocenters. The number of aromatic nitrogens is 5. The van der Waals surface area contributed by atoms with Gasteiger partial charge in [-0.25, -0.2) is 0 Å². The number of anilines is 2. The highest BCUT2D eigenvalue weighted by Crippen LogP contribution is 2.23. The van der Waals surface area contributed by atoms with Gasteiger partial charge in [-0.05, 0) is 17.7 Å². The molecule has 0 amide bonds. The van der Waals surface area contributed by atoms with Crippen molar-refractivity contribution >= 4 is 22.8 Å². The highest BCUT2D eigenvalue weighted by atomic mass is 15.2. The highest BCUT2D eigenvalue weighted by molar-refractivity contribution is 5.87. The summed E-state index contributed by atoms with van der Waals surface area (Å²) in [5.41, 5.74) is 1.89. The fourth-order valence-electron chi connectivity index (χ4n) is 2.06. The maximum absolute atomic E-state index is 4.52. The van der Waals surface area contributed by atoms with Gasteiger partial charge < -0.3 is 10.2 Å². The van der Waals surface area contributed by atoms with Crippen molar-refractivity contribution in [1.82, 2.24) is 25.1 Å². The molecule has 102 valence electrons. The summed E-state index contributed by atoms with van der Waals surface area (Å²) < 4.78 is 0. The van der Waals surface area contributed by atoms with Crippen molar-refractivity contribution in [2.75, 3.05) is 24.3 Å². The van der Waals surface area contributed by atoms with Crippen LogP contribution < -0.4 is 10.2 Å². The van der Waals surface area contributed by atoms with E-state index in [-0.39, 0.29) is 0 Å². The summed E-state index contributed by atoms with van der Waals surface area (Å²) >= 11 is 0. The van der Waals surface area contributed by atoms with Gasteiger partial charge in [0.2, 0.25) is 5.95 Å². The molecule has 0 spiro atoms. The number of hydrogen-bond acceptors (Lipinski definition) is 6. The third kappa shape index (κ3) is 2.25. The standard InChI is InChI=1S/C13H15N7/c1-14-13-17-11-10(7-16-19-11)12(18-13)20(2)8-9-3-5-15-6-4-9/h3-7H,8H2,1-2H3,(H2,14,16,17,18,19). The zero-order chi connectivity index (χ0) is 13.9. The number of nitrogens with zero attached hydrogens (tertiary/aromatic N) is 5. The van der Waals surface area contributed by atoms with Crippen LogP contribution in [-0.4, -0.2) is 39.2 Å². The molecule has 3 aromatic heterocycles. The Morgan fingerprint density at radius 3 is 2.80 bits per heavy atom. The topological polar surface area (TPSA) is 82.6 Å². The van der Waals surface area contributed by atoms with Gasteiger partial charge in [0, 0.05) is 33.0 Å². The van der Waals surface area contributed by atoms with Crippen LogP contribution in [0, 0.1) is 0 Å². The molecule has 3 heterocycles. The van der Waals surface area contributed by atoms with E-state index in [1.165, 1.54) is 5.56 Å². The molecular formula is C13H15N7. The molecule has 7 heteroatoms. The summed E-state index contributed by atoms with van der Waals surface area (Å²) in [5.74, 6) is 1.41. The van der Waals surface area contributed by atoms with Crippen LogP contribution in [0.25, 0.3) is 11.0 Å². The molecule has 0 saturated carbocycles. The van der Waals surface area contributed by atoms with Gasteiger partial charge in [0.1, 0.15) is 5.82 Å². The van der Waals surface area contributed by atoms with Crippen LogP contribution in [0.3, 0.4) is 0 Å². The molecule has 0 saturated heterocycles. The normalized spacial score (nSPS) is 10.7. The Morgan fingerprint density at radius 1 is 1.25 bits per heavy atom. The van der Waals surface area contributed by atoms with Gasteiger partial charge in [0.05, 0.1) is 11.6 Å². The first-order valence-electron chi connectivity index (χ1n) is 6.27. The molecule has 0 aliphatic carbocycles. The Kier molecular flexibility index (Phi) is 3.16. The number of nitrogens with one attached hydrogen (secondary N) is 2. The number of fused-ring (bicyclic) bond motifs is 1. The summed E-state index contributed by atoms with van der Waals surface area (Å²) in [6.45, 7) is 0.739. The Morgan fingerprint density at radius 2 is 2.05 bits per heavy atom. The molecule has 0 aliphatic heterocycles. The van der Waals surface area contributed by atoms with E-state index >= 15 is 0 Å². The van der Waals surface area contributed by atoms with Gasteiger partial charge in [0.25, 0.3) is 0 Å². The van der Waals surface area contributed by atoms with Crippen molar-refractivity contribution in [1.29, 1.82) is 0 Å². The van der Waals surface area contributed by atoms with E-state index in [0.717, 1.165) is 23.4 Å². The SMILES string of the molecule is CNc1nc(N(C)Cc2ccncc2)c2cn[nH]c2n1. The summed E-state index contributed by atoms with van der Waals surface area (Å²) in [7, 11) is 3.79. The van der Waals surface area contributed by atoms with Gasteiger partial charge in [-0.1, -0.05) is 0 Å². The third-order valence-electron chi connectivity index (χ3n) is 3.04. The predicted molar refractivity (Wildman–Crippen MR) is 77.6 cm³/mol. The van der Waals surface area contributed by atoms with E-state index < -0.39 is 0 Å². The highest BCUT2D eigenvalue weighted by Gasteiger charge is 2.13. The number of pyridine rings is 1. The lowest BCUT2D eigenvalue weighted by atomic mass is 10.2. The lowest BCUT2D eigenvalue weighted by molar-refractivity contribution is 0.898. The molecule has 0 aliphatic rings. The largest absolute Gasteiger partial charge is 0.357 e. The number of aromatic amines is 1. The third-order valence-corrected chi connectivity index (χ3v) is 3.04. The molecule has 0 aromatic carbocycles. The fourth-order valence-corrected chi connectivity index (χ4v) is 2.06. The maximum Gasteiger partial charge on any atom is 0.226 e. The predicted octanol–water partition coefficient (Wildman–Crippen LogP) is 1.43. The average Bonchev–Trinajstić information content (AvgIpc) is 2.95. The Bertz CT molecular complexity index is 707. The molecular weight excluding hydrogens is 254 g/mol. The molecule has 0 bridgehead atoms. The smallest absolute Gasteiger partial charge is 0.226 e. The van der Waals surface area contributed by atoms with E-state index in [2.05, 4.69) is 35.4 Å². The summed E-state index contributed by atoms with van der Waals surface area (Å²) in [5, 5.41) is 10.8. The molecule has 3 aromatic rings. The second kappa shape index (κ2) is 5.12. The van der Waals surface area contributed by atoms with E-state index in [4.69, 9.17) is 0 Å². The first-order valence-corrected chi connectivity index (χ1v) is 6.27. The second-order valence-electron chi connectivity index (χ2n) is 4.46. The molecule has 3 rings (SSSR count). The molecule has 2 N–H and O–H groups in total. The minimum Gasteiger partial charge on any atom is -0.357 e. The van der Waals surface area contributed by atoms with Gasteiger partial charge in [-0.2, -0.15) is 15.1 Å². The van der Waals surface area contributed by atoms with E-state index in [1.807, 2.05) is 19.2 Å². The van der Waals surface area contributed by atoms with Crippen LogP contribution in [0.5, 0.6) is 0 Å². The van der Waals surface area contributed by atoms with Crippen molar-refractivity contribution in [3.63, 3.8) is 0 Å². The van der Waals surface area contributed by atoms with Crippen LogP contribution in [0.1, 0.15) is 5.56 Å². The lowest BCUT2D eigenvalue weighted by Gasteiger charge is -2.19. The fraction of sp³-hybridized carbons (Fsp3) is 0.231. The molecule has 0 fully saturated rings. The Balaban J connectivity index is 1.98. The Labute approximate surface area is 116 Å². The van der Waals surface area contributed by atoms with Crippen molar-refractivity contribution in [2.45, 2.75) is 6.54 Å². The zero-order valence-corrected chi connectivity index (χ0v) is 11.3. The van der Waals surface area contributed by atoms with E-state index in [0.29, 0.717) is 5.95 Å². The summed E-state index contributed by atoms with van der Waals surface area (Å²) in [6, 6.07) is 3.98. The maximum atomic E-state index is 4.52. The van der Waals surface area contributed by atoms with Crippen molar-refractivity contribution in [3.05, 3.63) is 36.3 Å². The van der Waals surface area contributed by atoms with Crippen molar-refractivity contribution < 1.29 is 0 Å². The summed E-state index contributed by atoms with van der Waals surface area (Å²) in [6.07, 6.45) is 5.32.